The van der Waals surface area contributed by atoms with Crippen molar-refractivity contribution in [3.05, 3.63) is 34.1 Å². The van der Waals surface area contributed by atoms with Crippen LogP contribution in [0.1, 0.15) is 24.8 Å². The maximum absolute atomic E-state index is 13.5. The van der Waals surface area contributed by atoms with Gasteiger partial charge >= 0.3 is 0 Å². The van der Waals surface area contributed by atoms with Gasteiger partial charge in [-0.15, -0.1) is 0 Å². The predicted octanol–water partition coefficient (Wildman–Crippen LogP) is 3.57. The summed E-state index contributed by atoms with van der Waals surface area (Å²) < 4.78 is 14.4. The van der Waals surface area contributed by atoms with Crippen LogP contribution in [-0.2, 0) is 6.54 Å². The Balaban J connectivity index is 2.03. The predicted molar refractivity (Wildman–Crippen MR) is 63.2 cm³/mol. The lowest BCUT2D eigenvalue weighted by Crippen LogP contribution is -2.29. The van der Waals surface area contributed by atoms with Gasteiger partial charge in [0.05, 0.1) is 0 Å². The van der Waals surface area contributed by atoms with Crippen LogP contribution in [0, 0.1) is 5.82 Å². The van der Waals surface area contributed by atoms with E-state index in [0.717, 1.165) is 29.7 Å². The molecule has 0 saturated carbocycles. The van der Waals surface area contributed by atoms with E-state index in [9.17, 15) is 4.39 Å². The van der Waals surface area contributed by atoms with Gasteiger partial charge in [0.1, 0.15) is 5.82 Å². The van der Waals surface area contributed by atoms with E-state index in [1.165, 1.54) is 19.3 Å². The van der Waals surface area contributed by atoms with Crippen LogP contribution in [0.25, 0.3) is 0 Å². The Morgan fingerprint density at radius 3 is 2.60 bits per heavy atom. The molecule has 1 aliphatic heterocycles. The molecule has 0 aliphatic carbocycles. The summed E-state index contributed by atoms with van der Waals surface area (Å²) in [6.45, 7) is 2.96. The molecule has 0 aromatic heterocycles. The van der Waals surface area contributed by atoms with Gasteiger partial charge in [-0.2, -0.15) is 0 Å². The van der Waals surface area contributed by atoms with E-state index in [1.807, 2.05) is 12.1 Å². The molecule has 0 bridgehead atoms. The van der Waals surface area contributed by atoms with Crippen LogP contribution in [0.2, 0.25) is 0 Å². The molecular weight excluding hydrogens is 257 g/mol. The average molecular weight is 272 g/mol. The van der Waals surface area contributed by atoms with Crippen molar-refractivity contribution in [1.82, 2.24) is 4.90 Å². The molecule has 82 valence electrons. The Kier molecular flexibility index (Phi) is 3.76. The summed E-state index contributed by atoms with van der Waals surface area (Å²) in [5.41, 5.74) is 0.806. The zero-order valence-corrected chi connectivity index (χ0v) is 10.3. The molecule has 15 heavy (non-hydrogen) atoms. The highest BCUT2D eigenvalue weighted by Gasteiger charge is 2.12. The molecule has 1 aromatic carbocycles. The van der Waals surface area contributed by atoms with E-state index >= 15 is 0 Å². The lowest BCUT2D eigenvalue weighted by molar-refractivity contribution is 0.218. The number of nitrogens with zero attached hydrogens (tertiary/aromatic N) is 1. The van der Waals surface area contributed by atoms with Gasteiger partial charge in [-0.3, -0.25) is 4.90 Å². The highest BCUT2D eigenvalue weighted by atomic mass is 79.9. The first-order valence-electron chi connectivity index (χ1n) is 5.42. The smallest absolute Gasteiger partial charge is 0.128 e. The molecule has 0 unspecified atom stereocenters. The van der Waals surface area contributed by atoms with E-state index in [2.05, 4.69) is 20.8 Å². The molecule has 0 atom stereocenters. The van der Waals surface area contributed by atoms with Crippen molar-refractivity contribution in [2.75, 3.05) is 13.1 Å². The molecule has 1 nitrogen and oxygen atoms in total. The number of benzene rings is 1. The van der Waals surface area contributed by atoms with Gasteiger partial charge in [0.25, 0.3) is 0 Å². The van der Waals surface area contributed by atoms with Gasteiger partial charge in [-0.05, 0) is 38.1 Å². The maximum atomic E-state index is 13.5. The Hall–Kier alpha value is -0.410. The molecule has 0 radical (unpaired) electrons. The molecule has 1 aromatic rings. The van der Waals surface area contributed by atoms with E-state index in [-0.39, 0.29) is 5.82 Å². The van der Waals surface area contributed by atoms with Gasteiger partial charge < -0.3 is 0 Å². The van der Waals surface area contributed by atoms with Crippen molar-refractivity contribution >= 4 is 15.9 Å². The Morgan fingerprint density at radius 2 is 1.93 bits per heavy atom. The summed E-state index contributed by atoms with van der Waals surface area (Å²) in [7, 11) is 0. The summed E-state index contributed by atoms with van der Waals surface area (Å²) in [6, 6.07) is 5.32. The van der Waals surface area contributed by atoms with Gasteiger partial charge in [0, 0.05) is 16.6 Å². The molecule has 0 N–H and O–H groups in total. The number of likely N-dealkylation sites (tertiary alicyclic amines) is 1. The first kappa shape index (κ1) is 11.1. The van der Waals surface area contributed by atoms with Gasteiger partial charge in [-0.25, -0.2) is 4.39 Å². The summed E-state index contributed by atoms with van der Waals surface area (Å²) >= 11 is 3.27. The van der Waals surface area contributed by atoms with Gasteiger partial charge in [0.15, 0.2) is 0 Å². The van der Waals surface area contributed by atoms with Crippen molar-refractivity contribution in [2.24, 2.45) is 0 Å². The third-order valence-corrected chi connectivity index (χ3v) is 3.35. The fourth-order valence-electron chi connectivity index (χ4n) is 2.01. The molecule has 1 aliphatic rings. The number of rotatable bonds is 2. The highest BCUT2D eigenvalue weighted by Crippen LogP contribution is 2.18. The van der Waals surface area contributed by atoms with Crippen molar-refractivity contribution in [3.63, 3.8) is 0 Å². The number of halogens is 2. The normalized spacial score (nSPS) is 18.0. The molecule has 0 amide bonds. The third kappa shape index (κ3) is 3.02. The van der Waals surface area contributed by atoms with Crippen molar-refractivity contribution in [1.29, 1.82) is 0 Å². The molecular formula is C12H15BrFN. The zero-order valence-electron chi connectivity index (χ0n) is 8.68. The molecule has 3 heteroatoms. The van der Waals surface area contributed by atoms with Crippen LogP contribution < -0.4 is 0 Å². The zero-order chi connectivity index (χ0) is 10.7. The lowest BCUT2D eigenvalue weighted by Gasteiger charge is -2.26. The summed E-state index contributed by atoms with van der Waals surface area (Å²) in [4.78, 5) is 2.33. The van der Waals surface area contributed by atoms with Crippen LogP contribution in [0.3, 0.4) is 0 Å². The number of piperidine rings is 1. The standard InChI is InChI=1S/C12H15BrFN/c13-11-5-4-10(12(14)8-11)9-15-6-2-1-3-7-15/h4-5,8H,1-3,6-7,9H2. The largest absolute Gasteiger partial charge is 0.299 e. The topological polar surface area (TPSA) is 3.24 Å². The monoisotopic (exact) mass is 271 g/mol. The minimum absolute atomic E-state index is 0.102. The number of hydrogen-bond donors (Lipinski definition) is 0. The van der Waals surface area contributed by atoms with Crippen LogP contribution in [0.4, 0.5) is 4.39 Å². The fraction of sp³-hybridized carbons (Fsp3) is 0.500. The van der Waals surface area contributed by atoms with Crippen LogP contribution in [0.5, 0.6) is 0 Å². The fourth-order valence-corrected chi connectivity index (χ4v) is 2.34. The second kappa shape index (κ2) is 5.08. The highest BCUT2D eigenvalue weighted by molar-refractivity contribution is 9.10. The van der Waals surface area contributed by atoms with Crippen molar-refractivity contribution in [3.8, 4) is 0 Å². The van der Waals surface area contributed by atoms with E-state index < -0.39 is 0 Å². The van der Waals surface area contributed by atoms with Crippen LogP contribution in [0.15, 0.2) is 22.7 Å². The molecule has 1 fully saturated rings. The third-order valence-electron chi connectivity index (χ3n) is 2.86. The second-order valence-corrected chi connectivity index (χ2v) is 4.99. The average Bonchev–Trinajstić information content (AvgIpc) is 2.24. The Bertz CT molecular complexity index is 334. The lowest BCUT2D eigenvalue weighted by atomic mass is 10.1. The molecule has 1 heterocycles. The minimum atomic E-state index is -0.102. The van der Waals surface area contributed by atoms with E-state index in [0.29, 0.717) is 0 Å². The van der Waals surface area contributed by atoms with Crippen molar-refractivity contribution in [2.45, 2.75) is 25.8 Å². The molecule has 1 saturated heterocycles. The summed E-state index contributed by atoms with van der Waals surface area (Å²) in [5, 5.41) is 0. The van der Waals surface area contributed by atoms with Crippen LogP contribution >= 0.6 is 15.9 Å². The Labute approximate surface area is 98.4 Å². The Morgan fingerprint density at radius 1 is 1.20 bits per heavy atom. The summed E-state index contributed by atoms with van der Waals surface area (Å²) in [5.74, 6) is -0.102. The van der Waals surface area contributed by atoms with E-state index in [4.69, 9.17) is 0 Å². The first-order valence-corrected chi connectivity index (χ1v) is 6.21. The van der Waals surface area contributed by atoms with Gasteiger partial charge in [-0.1, -0.05) is 28.4 Å². The first-order chi connectivity index (χ1) is 7.25. The van der Waals surface area contributed by atoms with Crippen LogP contribution in [-0.4, -0.2) is 18.0 Å². The number of hydrogen-bond acceptors (Lipinski definition) is 1. The van der Waals surface area contributed by atoms with E-state index in [1.54, 1.807) is 6.07 Å². The molecule has 0 spiro atoms. The second-order valence-electron chi connectivity index (χ2n) is 4.07. The minimum Gasteiger partial charge on any atom is -0.299 e. The quantitative estimate of drug-likeness (QED) is 0.795. The summed E-state index contributed by atoms with van der Waals surface area (Å²) in [6.07, 6.45) is 3.82. The van der Waals surface area contributed by atoms with Crippen molar-refractivity contribution < 1.29 is 4.39 Å². The van der Waals surface area contributed by atoms with Gasteiger partial charge in [0.2, 0.25) is 0 Å². The maximum Gasteiger partial charge on any atom is 0.128 e. The SMILES string of the molecule is Fc1cc(Br)ccc1CN1CCCCC1. The molecule has 2 rings (SSSR count).